The molecule has 6 nitrogen and oxygen atoms in total. The Labute approximate surface area is 109 Å². The average Bonchev–Trinajstić information content (AvgIpc) is 2.36. The fourth-order valence-electron chi connectivity index (χ4n) is 1.52. The Morgan fingerprint density at radius 2 is 1.84 bits per heavy atom. The summed E-state index contributed by atoms with van der Waals surface area (Å²) >= 11 is 0. The van der Waals surface area contributed by atoms with Crippen molar-refractivity contribution in [2.24, 2.45) is 0 Å². The molecule has 0 unspecified atom stereocenters. The third kappa shape index (κ3) is 4.09. The normalized spacial score (nSPS) is 9.95. The quantitative estimate of drug-likeness (QED) is 0.730. The molecule has 102 valence electrons. The number of ether oxygens (including phenoxy) is 1. The van der Waals surface area contributed by atoms with Crippen LogP contribution in [0.15, 0.2) is 18.2 Å². The van der Waals surface area contributed by atoms with E-state index in [0.29, 0.717) is 6.61 Å². The third-order valence-electron chi connectivity index (χ3n) is 2.40. The van der Waals surface area contributed by atoms with E-state index < -0.39 is 17.7 Å². The Hall–Kier alpha value is -2.37. The lowest BCUT2D eigenvalue weighted by Gasteiger charge is -2.08. The molecule has 0 heterocycles. The molecule has 0 aliphatic heterocycles. The van der Waals surface area contributed by atoms with Crippen molar-refractivity contribution in [1.29, 1.82) is 0 Å². The van der Waals surface area contributed by atoms with Gasteiger partial charge in [0.15, 0.2) is 5.78 Å². The molecule has 0 radical (unpaired) electrons. The molecular formula is C13H14O6. The predicted molar refractivity (Wildman–Crippen MR) is 65.8 cm³/mol. The van der Waals surface area contributed by atoms with Crippen LogP contribution in [0.25, 0.3) is 0 Å². The van der Waals surface area contributed by atoms with E-state index in [-0.39, 0.29) is 29.7 Å². The van der Waals surface area contributed by atoms with Crippen LogP contribution in [0.4, 0.5) is 0 Å². The van der Waals surface area contributed by atoms with E-state index >= 15 is 0 Å². The molecule has 0 spiro atoms. The van der Waals surface area contributed by atoms with E-state index in [4.69, 9.17) is 14.9 Å². The molecule has 0 saturated heterocycles. The summed E-state index contributed by atoms with van der Waals surface area (Å²) in [5, 5.41) is 17.5. The number of ketones is 1. The lowest BCUT2D eigenvalue weighted by Crippen LogP contribution is -2.08. The van der Waals surface area contributed by atoms with Crippen molar-refractivity contribution >= 4 is 17.7 Å². The Kier molecular flexibility index (Phi) is 5.05. The van der Waals surface area contributed by atoms with Gasteiger partial charge in [-0.2, -0.15) is 0 Å². The van der Waals surface area contributed by atoms with Gasteiger partial charge in [-0.15, -0.1) is 0 Å². The second kappa shape index (κ2) is 6.53. The minimum Gasteiger partial charge on any atom is -0.493 e. The molecule has 0 aliphatic carbocycles. The summed E-state index contributed by atoms with van der Waals surface area (Å²) in [5.74, 6) is -2.49. The second-order valence-electron chi connectivity index (χ2n) is 3.77. The molecule has 6 heteroatoms. The highest BCUT2D eigenvalue weighted by molar-refractivity contribution is 6.00. The molecule has 2 N–H and O–H groups in total. The van der Waals surface area contributed by atoms with Crippen molar-refractivity contribution in [3.63, 3.8) is 0 Å². The van der Waals surface area contributed by atoms with Crippen LogP contribution in [-0.2, 0) is 4.79 Å². The third-order valence-corrected chi connectivity index (χ3v) is 2.40. The molecule has 1 aromatic carbocycles. The van der Waals surface area contributed by atoms with Crippen molar-refractivity contribution < 1.29 is 29.3 Å². The highest BCUT2D eigenvalue weighted by Crippen LogP contribution is 2.21. The standard InChI is InChI=1S/C13H14O6/c1-2-19-11-5-3-8(7-9(11)13(17)18)10(14)4-6-12(15)16/h3,5,7H,2,4,6H2,1H3,(H,15,16)(H,17,18). The fourth-order valence-corrected chi connectivity index (χ4v) is 1.52. The molecule has 0 aliphatic rings. The largest absolute Gasteiger partial charge is 0.493 e. The first kappa shape index (κ1) is 14.7. The number of aliphatic carboxylic acids is 1. The van der Waals surface area contributed by atoms with Crippen molar-refractivity contribution in [3.05, 3.63) is 29.3 Å². The summed E-state index contributed by atoms with van der Waals surface area (Å²) in [6, 6.07) is 4.04. The van der Waals surface area contributed by atoms with Crippen LogP contribution in [0.3, 0.4) is 0 Å². The SMILES string of the molecule is CCOc1ccc(C(=O)CCC(=O)O)cc1C(=O)O. The number of carbonyl (C=O) groups excluding carboxylic acids is 1. The first-order chi connectivity index (χ1) is 8.95. The minimum atomic E-state index is -1.20. The number of carboxylic acids is 2. The van der Waals surface area contributed by atoms with Crippen LogP contribution in [0.5, 0.6) is 5.75 Å². The number of hydrogen-bond donors (Lipinski definition) is 2. The maximum absolute atomic E-state index is 11.7. The van der Waals surface area contributed by atoms with E-state index in [1.165, 1.54) is 18.2 Å². The highest BCUT2D eigenvalue weighted by Gasteiger charge is 2.15. The topological polar surface area (TPSA) is 101 Å². The van der Waals surface area contributed by atoms with Gasteiger partial charge in [0, 0.05) is 12.0 Å². The molecule has 0 fully saturated rings. The Morgan fingerprint density at radius 1 is 1.16 bits per heavy atom. The van der Waals surface area contributed by atoms with Crippen LogP contribution in [0.2, 0.25) is 0 Å². The lowest BCUT2D eigenvalue weighted by molar-refractivity contribution is -0.136. The average molecular weight is 266 g/mol. The number of benzene rings is 1. The number of carboxylic acid groups (broad SMARTS) is 2. The van der Waals surface area contributed by atoms with E-state index in [1.807, 2.05) is 0 Å². The second-order valence-corrected chi connectivity index (χ2v) is 3.77. The summed E-state index contributed by atoms with van der Waals surface area (Å²) in [5.41, 5.74) is 0.0603. The number of aromatic carboxylic acids is 1. The zero-order chi connectivity index (χ0) is 14.4. The fraction of sp³-hybridized carbons (Fsp3) is 0.308. The number of rotatable bonds is 7. The van der Waals surface area contributed by atoms with Gasteiger partial charge >= 0.3 is 11.9 Å². The summed E-state index contributed by atoms with van der Waals surface area (Å²) in [6.45, 7) is 2.03. The molecule has 1 rings (SSSR count). The Morgan fingerprint density at radius 3 is 2.37 bits per heavy atom. The first-order valence-corrected chi connectivity index (χ1v) is 5.70. The van der Waals surface area contributed by atoms with Gasteiger partial charge in [0.2, 0.25) is 0 Å². The number of carbonyl (C=O) groups is 3. The molecule has 0 aromatic heterocycles. The van der Waals surface area contributed by atoms with Gasteiger partial charge < -0.3 is 14.9 Å². The van der Waals surface area contributed by atoms with E-state index in [0.717, 1.165) is 0 Å². The predicted octanol–water partition coefficient (Wildman–Crippen LogP) is 1.83. The minimum absolute atomic E-state index is 0.108. The monoisotopic (exact) mass is 266 g/mol. The van der Waals surface area contributed by atoms with Crippen LogP contribution >= 0.6 is 0 Å². The van der Waals surface area contributed by atoms with Gasteiger partial charge in [-0.1, -0.05) is 0 Å². The van der Waals surface area contributed by atoms with Crippen molar-refractivity contribution in [2.45, 2.75) is 19.8 Å². The maximum Gasteiger partial charge on any atom is 0.339 e. The number of hydrogen-bond acceptors (Lipinski definition) is 4. The Balaban J connectivity index is 2.97. The van der Waals surface area contributed by atoms with Crippen molar-refractivity contribution in [2.75, 3.05) is 6.61 Å². The Bertz CT molecular complexity index is 506. The molecule has 0 bridgehead atoms. The van der Waals surface area contributed by atoms with Crippen LogP contribution in [0, 0.1) is 0 Å². The highest BCUT2D eigenvalue weighted by atomic mass is 16.5. The van der Waals surface area contributed by atoms with Crippen molar-refractivity contribution in [3.8, 4) is 5.75 Å². The van der Waals surface area contributed by atoms with Gasteiger partial charge in [0.05, 0.1) is 13.0 Å². The van der Waals surface area contributed by atoms with Crippen molar-refractivity contribution in [1.82, 2.24) is 0 Å². The van der Waals surface area contributed by atoms with Crippen LogP contribution in [0.1, 0.15) is 40.5 Å². The molecule has 1 aromatic rings. The van der Waals surface area contributed by atoms with Gasteiger partial charge in [-0.05, 0) is 25.1 Å². The van der Waals surface area contributed by atoms with Gasteiger partial charge in [-0.25, -0.2) is 4.79 Å². The zero-order valence-electron chi connectivity index (χ0n) is 10.4. The summed E-state index contributed by atoms with van der Waals surface area (Å²) < 4.78 is 5.14. The van der Waals surface area contributed by atoms with Gasteiger partial charge in [0.1, 0.15) is 11.3 Å². The van der Waals surface area contributed by atoms with E-state index in [2.05, 4.69) is 0 Å². The number of Topliss-reactive ketones (excluding diaryl/α,β-unsaturated/α-hetero) is 1. The first-order valence-electron chi connectivity index (χ1n) is 5.70. The summed E-state index contributed by atoms with van der Waals surface area (Å²) in [6.07, 6.45) is -0.448. The van der Waals surface area contributed by atoms with E-state index in [1.54, 1.807) is 6.92 Å². The molecule has 0 amide bonds. The van der Waals surface area contributed by atoms with Crippen LogP contribution < -0.4 is 4.74 Å². The van der Waals surface area contributed by atoms with E-state index in [9.17, 15) is 14.4 Å². The summed E-state index contributed by atoms with van der Waals surface area (Å²) in [4.78, 5) is 33.1. The molecular weight excluding hydrogens is 252 g/mol. The van der Waals surface area contributed by atoms with Gasteiger partial charge in [0.25, 0.3) is 0 Å². The summed E-state index contributed by atoms with van der Waals surface area (Å²) in [7, 11) is 0. The zero-order valence-corrected chi connectivity index (χ0v) is 10.4. The molecule has 19 heavy (non-hydrogen) atoms. The maximum atomic E-state index is 11.7. The van der Waals surface area contributed by atoms with Crippen LogP contribution in [-0.4, -0.2) is 34.5 Å². The molecule has 0 atom stereocenters. The smallest absolute Gasteiger partial charge is 0.339 e. The van der Waals surface area contributed by atoms with Gasteiger partial charge in [-0.3, -0.25) is 9.59 Å². The lowest BCUT2D eigenvalue weighted by atomic mass is 10.0. The molecule has 0 saturated carbocycles.